The van der Waals surface area contributed by atoms with Crippen LogP contribution >= 0.6 is 0 Å². The molecule has 1 aromatic heterocycles. The average molecular weight is 288 g/mol. The second kappa shape index (κ2) is 6.45. The Morgan fingerprint density at radius 1 is 1.38 bits per heavy atom. The number of hydrogen-bond acceptors (Lipinski definition) is 3. The maximum Gasteiger partial charge on any atom is 0.0841 e. The molecular formula is C18H28N2O. The fourth-order valence-electron chi connectivity index (χ4n) is 4.49. The Bertz CT molecular complexity index is 468. The minimum absolute atomic E-state index is 0.0224. The molecule has 0 aromatic carbocycles. The summed E-state index contributed by atoms with van der Waals surface area (Å²) in [6.07, 6.45) is 9.29. The van der Waals surface area contributed by atoms with Crippen LogP contribution in [0.1, 0.15) is 63.1 Å². The summed E-state index contributed by atoms with van der Waals surface area (Å²) >= 11 is 0. The van der Waals surface area contributed by atoms with E-state index in [0.717, 1.165) is 19.6 Å². The molecule has 3 rings (SSSR count). The van der Waals surface area contributed by atoms with Gasteiger partial charge < -0.3 is 10.1 Å². The third-order valence-corrected chi connectivity index (χ3v) is 5.28. The van der Waals surface area contributed by atoms with Crippen LogP contribution in [-0.2, 0) is 11.2 Å². The van der Waals surface area contributed by atoms with Crippen molar-refractivity contribution in [1.29, 1.82) is 0 Å². The van der Waals surface area contributed by atoms with Gasteiger partial charge >= 0.3 is 0 Å². The van der Waals surface area contributed by atoms with E-state index in [1.54, 1.807) is 0 Å². The SMILES string of the molecule is CCNC(C1CCc2cccnc21)C1(OCC)CCCC1. The number of ether oxygens (including phenoxy) is 1. The van der Waals surface area contributed by atoms with Gasteiger partial charge in [-0.1, -0.05) is 25.8 Å². The maximum absolute atomic E-state index is 6.34. The van der Waals surface area contributed by atoms with Crippen LogP contribution in [0.15, 0.2) is 18.3 Å². The quantitative estimate of drug-likeness (QED) is 0.870. The van der Waals surface area contributed by atoms with E-state index >= 15 is 0 Å². The van der Waals surface area contributed by atoms with Gasteiger partial charge in [0, 0.05) is 30.5 Å². The lowest BCUT2D eigenvalue weighted by molar-refractivity contribution is -0.0675. The maximum atomic E-state index is 6.34. The van der Waals surface area contributed by atoms with Crippen LogP contribution in [-0.4, -0.2) is 29.8 Å². The molecular weight excluding hydrogens is 260 g/mol. The molecule has 3 heteroatoms. The van der Waals surface area contributed by atoms with Gasteiger partial charge in [-0.15, -0.1) is 0 Å². The van der Waals surface area contributed by atoms with Gasteiger partial charge in [0.15, 0.2) is 0 Å². The minimum atomic E-state index is 0.0224. The van der Waals surface area contributed by atoms with E-state index in [2.05, 4.69) is 31.3 Å². The molecule has 21 heavy (non-hydrogen) atoms. The number of nitrogens with zero attached hydrogens (tertiary/aromatic N) is 1. The molecule has 2 aliphatic carbocycles. The molecule has 1 aromatic rings. The van der Waals surface area contributed by atoms with Crippen molar-refractivity contribution in [3.63, 3.8) is 0 Å². The van der Waals surface area contributed by atoms with Gasteiger partial charge in [-0.3, -0.25) is 4.98 Å². The molecule has 0 spiro atoms. The summed E-state index contributed by atoms with van der Waals surface area (Å²) in [5.41, 5.74) is 2.78. The molecule has 2 aliphatic rings. The van der Waals surface area contributed by atoms with E-state index in [9.17, 15) is 0 Å². The van der Waals surface area contributed by atoms with Crippen molar-refractivity contribution in [3.05, 3.63) is 29.6 Å². The van der Waals surface area contributed by atoms with Crippen LogP contribution in [0.5, 0.6) is 0 Å². The molecule has 2 atom stereocenters. The summed E-state index contributed by atoms with van der Waals surface area (Å²) in [7, 11) is 0. The van der Waals surface area contributed by atoms with Crippen LogP contribution in [0.3, 0.4) is 0 Å². The summed E-state index contributed by atoms with van der Waals surface area (Å²) in [5.74, 6) is 0.505. The van der Waals surface area contributed by atoms with E-state index in [1.165, 1.54) is 43.4 Å². The number of rotatable bonds is 6. The topological polar surface area (TPSA) is 34.2 Å². The third-order valence-electron chi connectivity index (χ3n) is 5.28. The van der Waals surface area contributed by atoms with Gasteiger partial charge in [-0.2, -0.15) is 0 Å². The van der Waals surface area contributed by atoms with Gasteiger partial charge in [0.25, 0.3) is 0 Å². The van der Waals surface area contributed by atoms with Gasteiger partial charge in [-0.25, -0.2) is 0 Å². The molecule has 1 fully saturated rings. The lowest BCUT2D eigenvalue weighted by Gasteiger charge is -2.41. The Hall–Kier alpha value is -0.930. The van der Waals surface area contributed by atoms with E-state index in [-0.39, 0.29) is 5.60 Å². The average Bonchev–Trinajstić information content (AvgIpc) is 3.13. The zero-order valence-electron chi connectivity index (χ0n) is 13.4. The fraction of sp³-hybridized carbons (Fsp3) is 0.722. The Balaban J connectivity index is 1.91. The van der Waals surface area contributed by atoms with Crippen LogP contribution in [0.25, 0.3) is 0 Å². The fourth-order valence-corrected chi connectivity index (χ4v) is 4.49. The number of nitrogens with one attached hydrogen (secondary N) is 1. The van der Waals surface area contributed by atoms with Gasteiger partial charge in [0.2, 0.25) is 0 Å². The summed E-state index contributed by atoms with van der Waals surface area (Å²) in [5, 5.41) is 3.77. The largest absolute Gasteiger partial charge is 0.374 e. The summed E-state index contributed by atoms with van der Waals surface area (Å²) in [4.78, 5) is 4.71. The van der Waals surface area contributed by atoms with Crippen LogP contribution in [0.2, 0.25) is 0 Å². The van der Waals surface area contributed by atoms with Crippen LogP contribution in [0.4, 0.5) is 0 Å². The normalized spacial score (nSPS) is 25.0. The predicted molar refractivity (Wildman–Crippen MR) is 85.6 cm³/mol. The lowest BCUT2D eigenvalue weighted by atomic mass is 9.81. The molecule has 1 heterocycles. The van der Waals surface area contributed by atoms with Crippen molar-refractivity contribution in [1.82, 2.24) is 10.3 Å². The van der Waals surface area contributed by atoms with E-state index in [1.807, 2.05) is 6.20 Å². The van der Waals surface area contributed by atoms with Crippen molar-refractivity contribution < 1.29 is 4.74 Å². The Labute approximate surface area is 128 Å². The van der Waals surface area contributed by atoms with Gasteiger partial charge in [0.05, 0.1) is 5.60 Å². The van der Waals surface area contributed by atoms with Crippen molar-refractivity contribution in [2.45, 2.75) is 69.9 Å². The van der Waals surface area contributed by atoms with Crippen LogP contribution in [0, 0.1) is 0 Å². The Kier molecular flexibility index (Phi) is 4.60. The van der Waals surface area contributed by atoms with Gasteiger partial charge in [0.1, 0.15) is 0 Å². The zero-order chi connectivity index (χ0) is 14.7. The first kappa shape index (κ1) is 15.0. The van der Waals surface area contributed by atoms with Crippen molar-refractivity contribution in [2.75, 3.05) is 13.2 Å². The van der Waals surface area contributed by atoms with Crippen molar-refractivity contribution in [2.24, 2.45) is 0 Å². The number of pyridine rings is 1. The third kappa shape index (κ3) is 2.74. The monoisotopic (exact) mass is 288 g/mol. The van der Waals surface area contributed by atoms with E-state index < -0.39 is 0 Å². The highest BCUT2D eigenvalue weighted by Gasteiger charge is 2.47. The minimum Gasteiger partial charge on any atom is -0.374 e. The van der Waals surface area contributed by atoms with Crippen molar-refractivity contribution in [3.8, 4) is 0 Å². The highest BCUT2D eigenvalue weighted by atomic mass is 16.5. The molecule has 3 nitrogen and oxygen atoms in total. The Morgan fingerprint density at radius 2 is 2.19 bits per heavy atom. The number of aryl methyl sites for hydroxylation is 1. The predicted octanol–water partition coefficient (Wildman–Crippen LogP) is 3.44. The first-order valence-electron chi connectivity index (χ1n) is 8.62. The summed E-state index contributed by atoms with van der Waals surface area (Å²) in [6.45, 7) is 6.14. The standard InChI is InChI=1S/C18H28N2O/c1-3-19-17(18(21-4-2)11-5-6-12-18)15-10-9-14-8-7-13-20-16(14)15/h7-8,13,15,17,19H,3-6,9-12H2,1-2H3. The molecule has 116 valence electrons. The zero-order valence-corrected chi connectivity index (χ0v) is 13.4. The molecule has 0 amide bonds. The van der Waals surface area contributed by atoms with Gasteiger partial charge in [-0.05, 0) is 50.8 Å². The molecule has 1 N–H and O–H groups in total. The molecule has 2 unspecified atom stereocenters. The number of likely N-dealkylation sites (N-methyl/N-ethyl adjacent to an activating group) is 1. The van der Waals surface area contributed by atoms with Crippen LogP contribution < -0.4 is 5.32 Å². The Morgan fingerprint density at radius 3 is 2.90 bits per heavy atom. The second-order valence-corrected chi connectivity index (χ2v) is 6.43. The number of hydrogen-bond donors (Lipinski definition) is 1. The van der Waals surface area contributed by atoms with E-state index in [4.69, 9.17) is 9.72 Å². The van der Waals surface area contributed by atoms with Crippen molar-refractivity contribution >= 4 is 0 Å². The smallest absolute Gasteiger partial charge is 0.0841 e. The molecule has 1 saturated carbocycles. The van der Waals surface area contributed by atoms with E-state index in [0.29, 0.717) is 12.0 Å². The molecule has 0 bridgehead atoms. The number of fused-ring (bicyclic) bond motifs is 1. The lowest BCUT2D eigenvalue weighted by Crippen LogP contribution is -2.54. The second-order valence-electron chi connectivity index (χ2n) is 6.43. The highest BCUT2D eigenvalue weighted by Crippen LogP contribution is 2.45. The summed E-state index contributed by atoms with van der Waals surface area (Å²) in [6, 6.07) is 4.71. The first-order chi connectivity index (χ1) is 10.3. The number of aromatic nitrogens is 1. The molecule has 0 aliphatic heterocycles. The molecule has 0 radical (unpaired) electrons. The molecule has 0 saturated heterocycles. The highest BCUT2D eigenvalue weighted by molar-refractivity contribution is 5.31. The summed E-state index contributed by atoms with van der Waals surface area (Å²) < 4.78 is 6.34. The first-order valence-corrected chi connectivity index (χ1v) is 8.62.